The van der Waals surface area contributed by atoms with Crippen molar-refractivity contribution >= 4 is 18.2 Å². The summed E-state index contributed by atoms with van der Waals surface area (Å²) in [7, 11) is 0. The van der Waals surface area contributed by atoms with Gasteiger partial charge in [-0.3, -0.25) is 9.59 Å². The van der Waals surface area contributed by atoms with Gasteiger partial charge < -0.3 is 14.3 Å². The van der Waals surface area contributed by atoms with Gasteiger partial charge in [0.05, 0.1) is 13.2 Å². The van der Waals surface area contributed by atoms with Gasteiger partial charge in [0.25, 0.3) is 0 Å². The molecule has 0 rings (SSSR count). The summed E-state index contributed by atoms with van der Waals surface area (Å²) in [5.41, 5.74) is 0. The maximum Gasteiger partial charge on any atom is 0.305 e. The minimum absolute atomic E-state index is 0.0332. The Labute approximate surface area is 286 Å². The first-order chi connectivity index (χ1) is 22.2. The molecular weight excluding hydrogens is 572 g/mol. The molecule has 0 heterocycles. The molecular formula is C41H78O5. The maximum atomic E-state index is 12.2. The Morgan fingerprint density at radius 2 is 1.02 bits per heavy atom. The Morgan fingerprint density at radius 3 is 1.50 bits per heavy atom. The topological polar surface area (TPSA) is 69.7 Å². The molecule has 0 aliphatic heterocycles. The van der Waals surface area contributed by atoms with Crippen molar-refractivity contribution in [2.75, 3.05) is 13.2 Å². The molecule has 5 heteroatoms. The first-order valence-electron chi connectivity index (χ1n) is 20.0. The summed E-state index contributed by atoms with van der Waals surface area (Å²) in [5.74, 6) is 2.47. The minimum Gasteiger partial charge on any atom is -0.466 e. The molecule has 5 nitrogen and oxygen atoms in total. The average molecular weight is 651 g/mol. The van der Waals surface area contributed by atoms with Gasteiger partial charge in [0, 0.05) is 18.8 Å². The van der Waals surface area contributed by atoms with Gasteiger partial charge in [-0.05, 0) is 62.2 Å². The Balaban J connectivity index is 3.80. The van der Waals surface area contributed by atoms with Crippen LogP contribution in [0.25, 0.3) is 0 Å². The quantitative estimate of drug-likeness (QED) is 0.0394. The van der Waals surface area contributed by atoms with E-state index in [0.717, 1.165) is 96.2 Å². The van der Waals surface area contributed by atoms with E-state index in [0.29, 0.717) is 49.7 Å². The molecule has 0 spiro atoms. The summed E-state index contributed by atoms with van der Waals surface area (Å²) >= 11 is 0. The van der Waals surface area contributed by atoms with Crippen molar-refractivity contribution in [3.8, 4) is 0 Å². The van der Waals surface area contributed by atoms with Crippen LogP contribution in [0.5, 0.6) is 0 Å². The summed E-state index contributed by atoms with van der Waals surface area (Å²) in [6.07, 6.45) is 28.3. The summed E-state index contributed by atoms with van der Waals surface area (Å²) in [6, 6.07) is 0. The predicted molar refractivity (Wildman–Crippen MR) is 195 cm³/mol. The fraction of sp³-hybridized carbons (Fsp3) is 0.927. The summed E-state index contributed by atoms with van der Waals surface area (Å²) in [5, 5.41) is 0. The molecule has 0 aromatic rings. The molecule has 0 bridgehead atoms. The van der Waals surface area contributed by atoms with Gasteiger partial charge in [0.15, 0.2) is 0 Å². The van der Waals surface area contributed by atoms with Gasteiger partial charge in [-0.25, -0.2) is 0 Å². The highest BCUT2D eigenvalue weighted by Crippen LogP contribution is 2.23. The number of aldehydes is 1. The van der Waals surface area contributed by atoms with E-state index in [2.05, 4.69) is 41.5 Å². The molecule has 0 aliphatic carbocycles. The van der Waals surface area contributed by atoms with Crippen LogP contribution in [0, 0.1) is 29.6 Å². The van der Waals surface area contributed by atoms with Gasteiger partial charge in [0.1, 0.15) is 6.29 Å². The highest BCUT2D eigenvalue weighted by Gasteiger charge is 2.16. The van der Waals surface area contributed by atoms with Gasteiger partial charge in [0.2, 0.25) is 0 Å². The van der Waals surface area contributed by atoms with Gasteiger partial charge in [-0.1, -0.05) is 151 Å². The van der Waals surface area contributed by atoms with Crippen LogP contribution in [0.4, 0.5) is 0 Å². The lowest BCUT2D eigenvalue weighted by molar-refractivity contribution is -0.146. The number of unbranched alkanes of at least 4 members (excludes halogenated alkanes) is 12. The number of esters is 2. The number of ether oxygens (including phenoxy) is 2. The van der Waals surface area contributed by atoms with E-state index >= 15 is 0 Å². The molecule has 2 unspecified atom stereocenters. The molecule has 0 aromatic heterocycles. The fourth-order valence-electron chi connectivity index (χ4n) is 6.33. The van der Waals surface area contributed by atoms with Gasteiger partial charge in [-0.15, -0.1) is 0 Å². The molecule has 0 saturated carbocycles. The van der Waals surface area contributed by atoms with Crippen molar-refractivity contribution in [1.82, 2.24) is 0 Å². The number of rotatable bonds is 34. The standard InChI is InChI=1S/C41H78O5/c1-7-9-17-23-37(24-18-10-8-2)31-32-45-40(43)27-21-15-11-13-19-25-38(33-42)26-20-14-12-16-22-28-41(44)46-34-39(36(5)6)30-29-35(3)4/h33,35-39H,7-32,34H2,1-6H3. The van der Waals surface area contributed by atoms with Crippen LogP contribution in [-0.4, -0.2) is 31.4 Å². The molecule has 0 radical (unpaired) electrons. The second-order valence-electron chi connectivity index (χ2n) is 15.0. The molecule has 2 atom stereocenters. The minimum atomic E-state index is -0.0502. The Bertz CT molecular complexity index is 693. The van der Waals surface area contributed by atoms with Crippen molar-refractivity contribution in [2.45, 2.75) is 202 Å². The molecule has 46 heavy (non-hydrogen) atoms. The van der Waals surface area contributed by atoms with Crippen molar-refractivity contribution in [2.24, 2.45) is 29.6 Å². The van der Waals surface area contributed by atoms with Gasteiger partial charge >= 0.3 is 11.9 Å². The smallest absolute Gasteiger partial charge is 0.305 e. The van der Waals surface area contributed by atoms with E-state index in [4.69, 9.17) is 9.47 Å². The van der Waals surface area contributed by atoms with Crippen LogP contribution in [0.3, 0.4) is 0 Å². The van der Waals surface area contributed by atoms with Crippen LogP contribution >= 0.6 is 0 Å². The van der Waals surface area contributed by atoms with Crippen LogP contribution in [0.2, 0.25) is 0 Å². The average Bonchev–Trinajstić information content (AvgIpc) is 3.02. The number of hydrogen-bond donors (Lipinski definition) is 0. The van der Waals surface area contributed by atoms with Crippen molar-refractivity contribution in [3.05, 3.63) is 0 Å². The SMILES string of the molecule is CCCCCC(CCCCC)CCOC(=O)CCCCCCCC(C=O)CCCCCCCC(=O)OCC(CCC(C)C)C(C)C. The van der Waals surface area contributed by atoms with Gasteiger partial charge in [-0.2, -0.15) is 0 Å². The lowest BCUT2D eigenvalue weighted by Gasteiger charge is -2.21. The predicted octanol–water partition coefficient (Wildman–Crippen LogP) is 12.2. The first-order valence-corrected chi connectivity index (χ1v) is 20.0. The second-order valence-corrected chi connectivity index (χ2v) is 15.0. The van der Waals surface area contributed by atoms with E-state index in [-0.39, 0.29) is 17.9 Å². The number of carbonyl (C=O) groups excluding carboxylic acids is 3. The van der Waals surface area contributed by atoms with Crippen LogP contribution < -0.4 is 0 Å². The largest absolute Gasteiger partial charge is 0.466 e. The summed E-state index contributed by atoms with van der Waals surface area (Å²) in [4.78, 5) is 36.0. The lowest BCUT2D eigenvalue weighted by atomic mass is 9.89. The summed E-state index contributed by atoms with van der Waals surface area (Å²) in [6.45, 7) is 14.6. The fourth-order valence-corrected chi connectivity index (χ4v) is 6.33. The van der Waals surface area contributed by atoms with Crippen LogP contribution in [0.15, 0.2) is 0 Å². The number of carbonyl (C=O) groups is 3. The Morgan fingerprint density at radius 1 is 0.543 bits per heavy atom. The molecule has 0 aromatic carbocycles. The lowest BCUT2D eigenvalue weighted by Crippen LogP contribution is -2.19. The Hall–Kier alpha value is -1.39. The zero-order chi connectivity index (χ0) is 34.3. The van der Waals surface area contributed by atoms with E-state index in [1.165, 1.54) is 57.8 Å². The van der Waals surface area contributed by atoms with E-state index in [1.807, 2.05) is 0 Å². The summed E-state index contributed by atoms with van der Waals surface area (Å²) < 4.78 is 11.2. The van der Waals surface area contributed by atoms with E-state index < -0.39 is 0 Å². The third-order valence-electron chi connectivity index (χ3n) is 9.84. The monoisotopic (exact) mass is 651 g/mol. The molecule has 0 fully saturated rings. The second kappa shape index (κ2) is 32.2. The van der Waals surface area contributed by atoms with Crippen LogP contribution in [-0.2, 0) is 23.9 Å². The molecule has 0 amide bonds. The molecule has 0 saturated heterocycles. The van der Waals surface area contributed by atoms with Crippen molar-refractivity contribution in [3.63, 3.8) is 0 Å². The zero-order valence-electron chi connectivity index (χ0n) is 31.6. The molecule has 0 N–H and O–H groups in total. The van der Waals surface area contributed by atoms with E-state index in [9.17, 15) is 14.4 Å². The third kappa shape index (κ3) is 28.8. The normalized spacial score (nSPS) is 13.0. The van der Waals surface area contributed by atoms with Crippen LogP contribution in [0.1, 0.15) is 202 Å². The Kier molecular flexibility index (Phi) is 31.2. The van der Waals surface area contributed by atoms with Crippen molar-refractivity contribution < 1.29 is 23.9 Å². The first kappa shape index (κ1) is 44.6. The van der Waals surface area contributed by atoms with E-state index in [1.54, 1.807) is 0 Å². The molecule has 272 valence electrons. The van der Waals surface area contributed by atoms with Crippen molar-refractivity contribution in [1.29, 1.82) is 0 Å². The molecule has 0 aliphatic rings. The third-order valence-corrected chi connectivity index (χ3v) is 9.84. The maximum absolute atomic E-state index is 12.2. The highest BCUT2D eigenvalue weighted by atomic mass is 16.5. The zero-order valence-corrected chi connectivity index (χ0v) is 31.6. The number of hydrogen-bond acceptors (Lipinski definition) is 5. The highest BCUT2D eigenvalue weighted by molar-refractivity contribution is 5.69.